The van der Waals surface area contributed by atoms with Crippen molar-refractivity contribution in [1.29, 1.82) is 0 Å². The second kappa shape index (κ2) is 10.0. The van der Waals surface area contributed by atoms with Gasteiger partial charge in [-0.3, -0.25) is 4.79 Å². The molecule has 0 aromatic carbocycles. The number of carbonyl (C=O) groups is 1. The van der Waals surface area contributed by atoms with E-state index in [2.05, 4.69) is 34.7 Å². The zero-order valence-electron chi connectivity index (χ0n) is 13.2. The molecule has 1 aliphatic rings. The smallest absolute Gasteiger partial charge is 0.244 e. The van der Waals surface area contributed by atoms with Crippen molar-refractivity contribution in [3.05, 3.63) is 21.9 Å². The predicted octanol–water partition coefficient (Wildman–Crippen LogP) is 2.35. The highest BCUT2D eigenvalue weighted by atomic mass is 127. The van der Waals surface area contributed by atoms with Crippen LogP contribution in [0.5, 0.6) is 0 Å². The molecule has 0 aliphatic carbocycles. The minimum absolute atomic E-state index is 0. The number of nitrogens with one attached hydrogen (secondary N) is 2. The van der Waals surface area contributed by atoms with E-state index in [4.69, 9.17) is 0 Å². The Morgan fingerprint density at radius 2 is 2.05 bits per heavy atom. The molecule has 0 unspecified atom stereocenters. The summed E-state index contributed by atoms with van der Waals surface area (Å²) >= 11 is 1.77. The minimum Gasteiger partial charge on any atom is -0.357 e. The van der Waals surface area contributed by atoms with Crippen LogP contribution in [-0.4, -0.2) is 42.9 Å². The van der Waals surface area contributed by atoms with E-state index < -0.39 is 0 Å². The van der Waals surface area contributed by atoms with Crippen molar-refractivity contribution >= 4 is 47.2 Å². The SMILES string of the molecule is CCNC(=NCC(=O)N1CCCC1)NCc1ccc(C)s1.I. The third-order valence-corrected chi connectivity index (χ3v) is 4.40. The summed E-state index contributed by atoms with van der Waals surface area (Å²) < 4.78 is 0. The normalized spacial score (nSPS) is 14.6. The van der Waals surface area contributed by atoms with Gasteiger partial charge in [-0.25, -0.2) is 4.99 Å². The molecule has 0 atom stereocenters. The molecular weight excluding hydrogens is 411 g/mol. The van der Waals surface area contributed by atoms with Crippen LogP contribution >= 0.6 is 35.3 Å². The summed E-state index contributed by atoms with van der Waals surface area (Å²) in [6.45, 7) is 7.63. The monoisotopic (exact) mass is 436 g/mol. The molecule has 2 rings (SSSR count). The van der Waals surface area contributed by atoms with Crippen LogP contribution in [0, 0.1) is 6.92 Å². The van der Waals surface area contributed by atoms with Gasteiger partial charge in [-0.1, -0.05) is 0 Å². The molecule has 1 amide bonds. The molecule has 1 aliphatic heterocycles. The van der Waals surface area contributed by atoms with E-state index in [1.165, 1.54) is 9.75 Å². The summed E-state index contributed by atoms with van der Waals surface area (Å²) in [5, 5.41) is 6.45. The molecule has 1 aromatic rings. The Hall–Kier alpha value is -0.830. The molecule has 2 heterocycles. The first-order chi connectivity index (χ1) is 10.2. The van der Waals surface area contributed by atoms with Gasteiger partial charge in [0, 0.05) is 29.4 Å². The second-order valence-corrected chi connectivity index (χ2v) is 6.52. The average Bonchev–Trinajstić information content (AvgIpc) is 3.13. The van der Waals surface area contributed by atoms with Crippen LogP contribution in [0.15, 0.2) is 17.1 Å². The van der Waals surface area contributed by atoms with Gasteiger partial charge in [-0.2, -0.15) is 0 Å². The predicted molar refractivity (Wildman–Crippen MR) is 103 cm³/mol. The van der Waals surface area contributed by atoms with Crippen molar-refractivity contribution in [2.24, 2.45) is 4.99 Å². The van der Waals surface area contributed by atoms with Crippen molar-refractivity contribution in [1.82, 2.24) is 15.5 Å². The van der Waals surface area contributed by atoms with E-state index in [0.717, 1.165) is 39.0 Å². The molecule has 1 aromatic heterocycles. The van der Waals surface area contributed by atoms with E-state index in [0.29, 0.717) is 5.96 Å². The minimum atomic E-state index is 0. The molecule has 1 saturated heterocycles. The van der Waals surface area contributed by atoms with Crippen LogP contribution in [0.4, 0.5) is 0 Å². The average molecular weight is 436 g/mol. The van der Waals surface area contributed by atoms with Gasteiger partial charge in [0.1, 0.15) is 6.54 Å². The Kier molecular flexibility index (Phi) is 8.77. The molecule has 0 radical (unpaired) electrons. The lowest BCUT2D eigenvalue weighted by Crippen LogP contribution is -2.38. The molecule has 22 heavy (non-hydrogen) atoms. The van der Waals surface area contributed by atoms with E-state index >= 15 is 0 Å². The van der Waals surface area contributed by atoms with Gasteiger partial charge in [0.15, 0.2) is 5.96 Å². The first-order valence-corrected chi connectivity index (χ1v) is 8.36. The van der Waals surface area contributed by atoms with Crippen molar-refractivity contribution in [2.75, 3.05) is 26.2 Å². The van der Waals surface area contributed by atoms with Crippen LogP contribution in [0.25, 0.3) is 0 Å². The third kappa shape index (κ3) is 6.12. The van der Waals surface area contributed by atoms with Gasteiger partial charge in [0.2, 0.25) is 5.91 Å². The Labute approximate surface area is 153 Å². The number of amides is 1. The largest absolute Gasteiger partial charge is 0.357 e. The molecule has 7 heteroatoms. The summed E-state index contributed by atoms with van der Waals surface area (Å²) in [6, 6.07) is 4.23. The topological polar surface area (TPSA) is 56.7 Å². The number of carbonyl (C=O) groups excluding carboxylic acids is 1. The fourth-order valence-electron chi connectivity index (χ4n) is 2.31. The lowest BCUT2D eigenvalue weighted by atomic mass is 10.4. The highest BCUT2D eigenvalue weighted by Crippen LogP contribution is 2.14. The first kappa shape index (κ1) is 19.2. The maximum absolute atomic E-state index is 12.0. The van der Waals surface area contributed by atoms with Crippen molar-refractivity contribution in [3.63, 3.8) is 0 Å². The molecule has 1 fully saturated rings. The Bertz CT molecular complexity index is 497. The Morgan fingerprint density at radius 1 is 1.32 bits per heavy atom. The van der Waals surface area contributed by atoms with Gasteiger partial charge in [-0.15, -0.1) is 35.3 Å². The van der Waals surface area contributed by atoms with Crippen LogP contribution in [0.2, 0.25) is 0 Å². The van der Waals surface area contributed by atoms with Gasteiger partial charge in [-0.05, 0) is 38.8 Å². The lowest BCUT2D eigenvalue weighted by molar-refractivity contribution is -0.128. The number of thiophene rings is 1. The zero-order chi connectivity index (χ0) is 15.1. The van der Waals surface area contributed by atoms with E-state index in [1.807, 2.05) is 11.8 Å². The molecule has 0 bridgehead atoms. The third-order valence-electron chi connectivity index (χ3n) is 3.40. The maximum Gasteiger partial charge on any atom is 0.244 e. The summed E-state index contributed by atoms with van der Waals surface area (Å²) in [7, 11) is 0. The maximum atomic E-state index is 12.0. The van der Waals surface area contributed by atoms with E-state index in [9.17, 15) is 4.79 Å². The van der Waals surface area contributed by atoms with E-state index in [1.54, 1.807) is 11.3 Å². The van der Waals surface area contributed by atoms with Gasteiger partial charge < -0.3 is 15.5 Å². The summed E-state index contributed by atoms with van der Waals surface area (Å²) in [6.07, 6.45) is 2.23. The highest BCUT2D eigenvalue weighted by Gasteiger charge is 2.17. The number of aryl methyl sites for hydroxylation is 1. The zero-order valence-corrected chi connectivity index (χ0v) is 16.4. The number of guanidine groups is 1. The first-order valence-electron chi connectivity index (χ1n) is 7.54. The number of likely N-dealkylation sites (tertiary alicyclic amines) is 1. The van der Waals surface area contributed by atoms with Crippen molar-refractivity contribution < 1.29 is 4.79 Å². The number of rotatable bonds is 5. The number of halogens is 1. The van der Waals surface area contributed by atoms with Crippen LogP contribution in [0.3, 0.4) is 0 Å². The Balaban J connectivity index is 0.00000242. The Morgan fingerprint density at radius 3 is 2.64 bits per heavy atom. The molecule has 124 valence electrons. The molecule has 0 saturated carbocycles. The van der Waals surface area contributed by atoms with Crippen LogP contribution in [0.1, 0.15) is 29.5 Å². The molecular formula is C15H25IN4OS. The van der Waals surface area contributed by atoms with E-state index in [-0.39, 0.29) is 36.4 Å². The second-order valence-electron chi connectivity index (χ2n) is 5.15. The van der Waals surface area contributed by atoms with Crippen LogP contribution < -0.4 is 10.6 Å². The fraction of sp³-hybridized carbons (Fsp3) is 0.600. The quantitative estimate of drug-likeness (QED) is 0.424. The van der Waals surface area contributed by atoms with Gasteiger partial charge in [0.05, 0.1) is 6.54 Å². The lowest BCUT2D eigenvalue weighted by Gasteiger charge is -2.15. The standard InChI is InChI=1S/C15H24N4OS.HI/c1-3-16-15(17-10-13-7-6-12(2)21-13)18-11-14(20)19-8-4-5-9-19;/h6-7H,3-5,8-11H2,1-2H3,(H2,16,17,18);1H. The summed E-state index contributed by atoms with van der Waals surface area (Å²) in [5.74, 6) is 0.827. The highest BCUT2D eigenvalue weighted by molar-refractivity contribution is 14.0. The van der Waals surface area contributed by atoms with Gasteiger partial charge >= 0.3 is 0 Å². The number of hydrogen-bond donors (Lipinski definition) is 2. The summed E-state index contributed by atoms with van der Waals surface area (Å²) in [4.78, 5) is 20.9. The van der Waals surface area contributed by atoms with Crippen LogP contribution in [-0.2, 0) is 11.3 Å². The van der Waals surface area contributed by atoms with Crippen molar-refractivity contribution in [3.8, 4) is 0 Å². The molecule has 2 N–H and O–H groups in total. The fourth-order valence-corrected chi connectivity index (χ4v) is 3.14. The molecule has 5 nitrogen and oxygen atoms in total. The molecule has 0 spiro atoms. The van der Waals surface area contributed by atoms with Gasteiger partial charge in [0.25, 0.3) is 0 Å². The number of hydrogen-bond acceptors (Lipinski definition) is 3. The number of aliphatic imine (C=N–C) groups is 1. The van der Waals surface area contributed by atoms with Crippen molar-refractivity contribution in [2.45, 2.75) is 33.2 Å². The number of nitrogens with zero attached hydrogens (tertiary/aromatic N) is 2. The summed E-state index contributed by atoms with van der Waals surface area (Å²) in [5.41, 5.74) is 0.